The monoisotopic (exact) mass is 387 g/mol. The second kappa shape index (κ2) is 9.11. The third-order valence-corrected chi connectivity index (χ3v) is 5.01. The molecular formula is C19H21N3O4S. The Labute approximate surface area is 158 Å². The van der Waals surface area contributed by atoms with E-state index in [1.165, 1.54) is 37.3 Å². The van der Waals surface area contributed by atoms with Gasteiger partial charge < -0.3 is 10.6 Å². The summed E-state index contributed by atoms with van der Waals surface area (Å²) in [6, 6.07) is 12.8. The highest BCUT2D eigenvalue weighted by molar-refractivity contribution is 7.89. The zero-order valence-electron chi connectivity index (χ0n) is 14.9. The van der Waals surface area contributed by atoms with Crippen molar-refractivity contribution < 1.29 is 18.0 Å². The molecule has 2 rings (SSSR count). The number of anilines is 1. The second-order valence-corrected chi connectivity index (χ2v) is 7.49. The van der Waals surface area contributed by atoms with Gasteiger partial charge in [-0.05, 0) is 42.0 Å². The molecule has 0 aliphatic carbocycles. The molecule has 27 heavy (non-hydrogen) atoms. The van der Waals surface area contributed by atoms with Crippen molar-refractivity contribution in [1.82, 2.24) is 10.0 Å². The molecule has 0 spiro atoms. The fourth-order valence-electron chi connectivity index (χ4n) is 2.23. The van der Waals surface area contributed by atoms with Crippen molar-refractivity contribution >= 4 is 27.5 Å². The van der Waals surface area contributed by atoms with Gasteiger partial charge in [0.05, 0.1) is 4.90 Å². The zero-order chi connectivity index (χ0) is 19.9. The Morgan fingerprint density at radius 2 is 1.67 bits per heavy atom. The topological polar surface area (TPSA) is 104 Å². The molecule has 3 N–H and O–H groups in total. The predicted octanol–water partition coefficient (Wildman–Crippen LogP) is 2.04. The number of hydrogen-bond acceptors (Lipinski definition) is 4. The molecule has 2 aromatic rings. The van der Waals surface area contributed by atoms with Crippen molar-refractivity contribution in [2.24, 2.45) is 0 Å². The van der Waals surface area contributed by atoms with E-state index >= 15 is 0 Å². The predicted molar refractivity (Wildman–Crippen MR) is 104 cm³/mol. The molecule has 0 heterocycles. The van der Waals surface area contributed by atoms with E-state index in [-0.39, 0.29) is 23.3 Å². The molecule has 0 unspecified atom stereocenters. The first-order valence-corrected chi connectivity index (χ1v) is 9.65. The van der Waals surface area contributed by atoms with Crippen LogP contribution in [0.25, 0.3) is 0 Å². The molecule has 0 radical (unpaired) electrons. The highest BCUT2D eigenvalue weighted by atomic mass is 32.2. The third-order valence-electron chi connectivity index (χ3n) is 3.57. The van der Waals surface area contributed by atoms with Gasteiger partial charge in [-0.2, -0.15) is 0 Å². The van der Waals surface area contributed by atoms with E-state index < -0.39 is 10.0 Å². The molecule has 0 fully saturated rings. The van der Waals surface area contributed by atoms with Crippen LogP contribution in [0.15, 0.2) is 66.1 Å². The summed E-state index contributed by atoms with van der Waals surface area (Å²) >= 11 is 0. The van der Waals surface area contributed by atoms with E-state index in [0.29, 0.717) is 17.8 Å². The maximum absolute atomic E-state index is 12.2. The summed E-state index contributed by atoms with van der Waals surface area (Å²) in [5.41, 5.74) is 1.90. The van der Waals surface area contributed by atoms with Crippen LogP contribution in [0, 0.1) is 0 Å². The lowest BCUT2D eigenvalue weighted by Gasteiger charge is -2.08. The van der Waals surface area contributed by atoms with Crippen LogP contribution in [0.2, 0.25) is 0 Å². The summed E-state index contributed by atoms with van der Waals surface area (Å²) in [6.07, 6.45) is 1.45. The molecule has 0 aromatic heterocycles. The Bertz CT molecular complexity index is 920. The first kappa shape index (κ1) is 20.3. The van der Waals surface area contributed by atoms with E-state index in [1.54, 1.807) is 24.3 Å². The molecule has 2 amide bonds. The smallest absolute Gasteiger partial charge is 0.251 e. The molecule has 8 heteroatoms. The Morgan fingerprint density at radius 3 is 2.22 bits per heavy atom. The van der Waals surface area contributed by atoms with E-state index in [4.69, 9.17) is 0 Å². The number of sulfonamides is 1. The molecule has 0 aliphatic heterocycles. The Morgan fingerprint density at radius 1 is 1.04 bits per heavy atom. The van der Waals surface area contributed by atoms with Gasteiger partial charge in [0.15, 0.2) is 0 Å². The quantitative estimate of drug-likeness (QED) is 0.603. The lowest BCUT2D eigenvalue weighted by molar-refractivity contribution is -0.114. The van der Waals surface area contributed by atoms with Gasteiger partial charge in [-0.1, -0.05) is 18.2 Å². The standard InChI is InChI=1S/C19H21N3O4S/c1-3-12-21-27(25,26)18-10-6-16(7-11-18)19(24)20-13-15-4-8-17(9-5-15)22-14(2)23/h3-11,21H,1,12-13H2,2H3,(H,20,24)(H,22,23). The van der Waals surface area contributed by atoms with Crippen molar-refractivity contribution in [2.45, 2.75) is 18.4 Å². The van der Waals surface area contributed by atoms with Crippen molar-refractivity contribution in [3.8, 4) is 0 Å². The maximum Gasteiger partial charge on any atom is 0.251 e. The lowest BCUT2D eigenvalue weighted by atomic mass is 10.2. The number of hydrogen-bond donors (Lipinski definition) is 3. The van der Waals surface area contributed by atoms with E-state index in [0.717, 1.165) is 5.56 Å². The van der Waals surface area contributed by atoms with Gasteiger partial charge in [0.2, 0.25) is 15.9 Å². The van der Waals surface area contributed by atoms with Gasteiger partial charge >= 0.3 is 0 Å². The summed E-state index contributed by atoms with van der Waals surface area (Å²) in [5, 5.41) is 5.43. The minimum atomic E-state index is -3.62. The molecule has 0 aliphatic rings. The largest absolute Gasteiger partial charge is 0.348 e. The molecule has 2 aromatic carbocycles. The average Bonchev–Trinajstić information content (AvgIpc) is 2.65. The number of benzene rings is 2. The summed E-state index contributed by atoms with van der Waals surface area (Å²) < 4.78 is 26.3. The molecule has 0 saturated heterocycles. The normalized spacial score (nSPS) is 10.9. The van der Waals surface area contributed by atoms with Crippen LogP contribution < -0.4 is 15.4 Å². The second-order valence-electron chi connectivity index (χ2n) is 5.73. The fourth-order valence-corrected chi connectivity index (χ4v) is 3.23. The molecular weight excluding hydrogens is 366 g/mol. The SMILES string of the molecule is C=CCNS(=O)(=O)c1ccc(C(=O)NCc2ccc(NC(C)=O)cc2)cc1. The van der Waals surface area contributed by atoms with Crippen LogP contribution in [-0.4, -0.2) is 26.8 Å². The third kappa shape index (κ3) is 6.05. The number of nitrogens with one attached hydrogen (secondary N) is 3. The Balaban J connectivity index is 1.96. The highest BCUT2D eigenvalue weighted by Gasteiger charge is 2.13. The van der Waals surface area contributed by atoms with Crippen molar-refractivity contribution in [3.05, 3.63) is 72.3 Å². The summed E-state index contributed by atoms with van der Waals surface area (Å²) in [4.78, 5) is 23.3. The van der Waals surface area contributed by atoms with Crippen LogP contribution in [0.5, 0.6) is 0 Å². The van der Waals surface area contributed by atoms with E-state index in [2.05, 4.69) is 21.9 Å². The van der Waals surface area contributed by atoms with Crippen LogP contribution in [-0.2, 0) is 21.4 Å². The maximum atomic E-state index is 12.2. The average molecular weight is 387 g/mol. The summed E-state index contributed by atoms with van der Waals surface area (Å²) in [5.74, 6) is -0.467. The first-order chi connectivity index (χ1) is 12.8. The Kier molecular flexibility index (Phi) is 6.86. The number of carbonyl (C=O) groups excluding carboxylic acids is 2. The van der Waals surface area contributed by atoms with Crippen molar-refractivity contribution in [3.63, 3.8) is 0 Å². The molecule has 7 nitrogen and oxygen atoms in total. The number of amides is 2. The molecule has 0 bridgehead atoms. The fraction of sp³-hybridized carbons (Fsp3) is 0.158. The summed E-state index contributed by atoms with van der Waals surface area (Å²) in [7, 11) is -3.62. The Hall–Kier alpha value is -2.97. The molecule has 0 saturated carbocycles. The lowest BCUT2D eigenvalue weighted by Crippen LogP contribution is -2.24. The first-order valence-electron chi connectivity index (χ1n) is 8.17. The van der Waals surface area contributed by atoms with Gasteiger partial charge in [0.25, 0.3) is 5.91 Å². The minimum Gasteiger partial charge on any atom is -0.348 e. The van der Waals surface area contributed by atoms with Gasteiger partial charge in [-0.25, -0.2) is 13.1 Å². The summed E-state index contributed by atoms with van der Waals surface area (Å²) in [6.45, 7) is 5.33. The van der Waals surface area contributed by atoms with Crippen LogP contribution in [0.1, 0.15) is 22.8 Å². The number of rotatable bonds is 8. The van der Waals surface area contributed by atoms with E-state index in [1.807, 2.05) is 0 Å². The zero-order valence-corrected chi connectivity index (χ0v) is 15.7. The highest BCUT2D eigenvalue weighted by Crippen LogP contribution is 2.12. The van der Waals surface area contributed by atoms with Crippen molar-refractivity contribution in [2.75, 3.05) is 11.9 Å². The van der Waals surface area contributed by atoms with Gasteiger partial charge in [0.1, 0.15) is 0 Å². The molecule has 142 valence electrons. The van der Waals surface area contributed by atoms with Gasteiger partial charge in [0, 0.05) is 31.3 Å². The number of carbonyl (C=O) groups is 2. The van der Waals surface area contributed by atoms with Crippen LogP contribution >= 0.6 is 0 Å². The van der Waals surface area contributed by atoms with Crippen molar-refractivity contribution in [1.29, 1.82) is 0 Å². The minimum absolute atomic E-state index is 0.0782. The van der Waals surface area contributed by atoms with Gasteiger partial charge in [-0.15, -0.1) is 6.58 Å². The van der Waals surface area contributed by atoms with Crippen LogP contribution in [0.4, 0.5) is 5.69 Å². The van der Waals surface area contributed by atoms with Gasteiger partial charge in [-0.3, -0.25) is 9.59 Å². The van der Waals surface area contributed by atoms with Crippen LogP contribution in [0.3, 0.4) is 0 Å². The molecule has 0 atom stereocenters. The van der Waals surface area contributed by atoms with E-state index in [9.17, 15) is 18.0 Å².